The lowest BCUT2D eigenvalue weighted by atomic mass is 10.2. The number of hydrogen-bond donors (Lipinski definition) is 2. The molecule has 0 fully saturated rings. The van der Waals surface area contributed by atoms with Gasteiger partial charge in [0.05, 0.1) is 28.5 Å². The monoisotopic (exact) mass is 379 g/mol. The first-order chi connectivity index (χ1) is 12.4. The molecule has 0 amide bonds. The second-order valence-electron chi connectivity index (χ2n) is 5.26. The van der Waals surface area contributed by atoms with Gasteiger partial charge in [0.2, 0.25) is 5.95 Å². The Hall–Kier alpha value is -2.87. The van der Waals surface area contributed by atoms with Gasteiger partial charge < -0.3 is 10.6 Å². The van der Waals surface area contributed by atoms with Gasteiger partial charge in [-0.3, -0.25) is 4.98 Å². The van der Waals surface area contributed by atoms with E-state index < -0.39 is 11.7 Å². The second kappa shape index (κ2) is 7.57. The summed E-state index contributed by atoms with van der Waals surface area (Å²) in [4.78, 5) is 12.5. The highest BCUT2D eigenvalue weighted by atomic mass is 35.5. The predicted molar refractivity (Wildman–Crippen MR) is 93.3 cm³/mol. The molecular weight excluding hydrogens is 367 g/mol. The third kappa shape index (κ3) is 4.60. The molecule has 0 saturated heterocycles. The van der Waals surface area contributed by atoms with Gasteiger partial charge in [0.15, 0.2) is 0 Å². The highest BCUT2D eigenvalue weighted by molar-refractivity contribution is 6.33. The molecule has 0 aliphatic heterocycles. The fourth-order valence-electron chi connectivity index (χ4n) is 2.12. The lowest BCUT2D eigenvalue weighted by Crippen LogP contribution is -2.07. The van der Waals surface area contributed by atoms with Gasteiger partial charge in [-0.2, -0.15) is 18.2 Å². The van der Waals surface area contributed by atoms with Crippen molar-refractivity contribution in [2.75, 3.05) is 10.6 Å². The maximum Gasteiger partial charge on any atom is 0.416 e. The van der Waals surface area contributed by atoms with E-state index in [0.29, 0.717) is 18.3 Å². The Labute approximate surface area is 152 Å². The van der Waals surface area contributed by atoms with Gasteiger partial charge in [-0.05, 0) is 36.4 Å². The second-order valence-corrected chi connectivity index (χ2v) is 5.66. The SMILES string of the molecule is FC(F)(F)c1ccc(Cl)c(Nc2ccnc(NCc3ccccn3)n2)c1. The Balaban J connectivity index is 1.75. The molecule has 2 heterocycles. The van der Waals surface area contributed by atoms with E-state index in [-0.39, 0.29) is 10.7 Å². The zero-order valence-electron chi connectivity index (χ0n) is 13.3. The van der Waals surface area contributed by atoms with E-state index in [1.54, 1.807) is 6.20 Å². The first kappa shape index (κ1) is 17.9. The van der Waals surface area contributed by atoms with E-state index in [1.165, 1.54) is 18.3 Å². The molecule has 5 nitrogen and oxygen atoms in total. The largest absolute Gasteiger partial charge is 0.416 e. The Kier molecular flexibility index (Phi) is 5.22. The molecule has 0 spiro atoms. The molecule has 0 unspecified atom stereocenters. The average Bonchev–Trinajstić information content (AvgIpc) is 2.62. The van der Waals surface area contributed by atoms with E-state index in [9.17, 15) is 13.2 Å². The molecule has 26 heavy (non-hydrogen) atoms. The van der Waals surface area contributed by atoms with Gasteiger partial charge in [-0.1, -0.05) is 17.7 Å². The maximum atomic E-state index is 12.9. The molecule has 0 atom stereocenters. The fraction of sp³-hybridized carbons (Fsp3) is 0.118. The first-order valence-corrected chi connectivity index (χ1v) is 7.90. The zero-order valence-corrected chi connectivity index (χ0v) is 14.0. The van der Waals surface area contributed by atoms with Crippen molar-refractivity contribution in [2.45, 2.75) is 12.7 Å². The number of hydrogen-bond acceptors (Lipinski definition) is 5. The number of alkyl halides is 3. The molecule has 2 N–H and O–H groups in total. The summed E-state index contributed by atoms with van der Waals surface area (Å²) < 4.78 is 38.6. The minimum atomic E-state index is -4.46. The van der Waals surface area contributed by atoms with Crippen molar-refractivity contribution in [3.8, 4) is 0 Å². The van der Waals surface area contributed by atoms with Crippen molar-refractivity contribution in [2.24, 2.45) is 0 Å². The van der Waals surface area contributed by atoms with Crippen molar-refractivity contribution < 1.29 is 13.2 Å². The third-order valence-electron chi connectivity index (χ3n) is 3.37. The minimum absolute atomic E-state index is 0.107. The van der Waals surface area contributed by atoms with Crippen LogP contribution in [-0.2, 0) is 12.7 Å². The van der Waals surface area contributed by atoms with Gasteiger partial charge in [0.1, 0.15) is 5.82 Å². The van der Waals surface area contributed by atoms with Gasteiger partial charge in [-0.25, -0.2) is 4.98 Å². The van der Waals surface area contributed by atoms with Crippen molar-refractivity contribution in [3.63, 3.8) is 0 Å². The Bertz CT molecular complexity index is 887. The standard InChI is InChI=1S/C17H13ClF3N5/c18-13-5-4-11(17(19,20)21)9-14(13)25-15-6-8-23-16(26-15)24-10-12-3-1-2-7-22-12/h1-9H,10H2,(H2,23,24,25,26). The summed E-state index contributed by atoms with van der Waals surface area (Å²) in [6.45, 7) is 0.411. The molecule has 0 aliphatic rings. The maximum absolute atomic E-state index is 12.9. The van der Waals surface area contributed by atoms with Gasteiger partial charge >= 0.3 is 6.18 Å². The number of anilines is 3. The quantitative estimate of drug-likeness (QED) is 0.660. The van der Waals surface area contributed by atoms with Crippen molar-refractivity contribution >= 4 is 29.1 Å². The summed E-state index contributed by atoms with van der Waals surface area (Å²) in [5.74, 6) is 0.619. The Morgan fingerprint density at radius 3 is 2.58 bits per heavy atom. The molecule has 9 heteroatoms. The van der Waals surface area contributed by atoms with E-state index in [2.05, 4.69) is 25.6 Å². The van der Waals surface area contributed by atoms with Crippen LogP contribution in [-0.4, -0.2) is 15.0 Å². The Morgan fingerprint density at radius 2 is 1.85 bits per heavy atom. The van der Waals surface area contributed by atoms with Crippen LogP contribution in [0.5, 0.6) is 0 Å². The van der Waals surface area contributed by atoms with Crippen molar-refractivity contribution in [1.29, 1.82) is 0 Å². The highest BCUT2D eigenvalue weighted by Gasteiger charge is 2.31. The number of nitrogens with one attached hydrogen (secondary N) is 2. The van der Waals surface area contributed by atoms with E-state index in [0.717, 1.165) is 17.8 Å². The van der Waals surface area contributed by atoms with Crippen LogP contribution in [0.15, 0.2) is 54.9 Å². The van der Waals surface area contributed by atoms with Crippen LogP contribution in [0, 0.1) is 0 Å². The van der Waals surface area contributed by atoms with Gasteiger partial charge in [-0.15, -0.1) is 0 Å². The molecule has 0 radical (unpaired) electrons. The zero-order chi connectivity index (χ0) is 18.6. The molecule has 0 aliphatic carbocycles. The summed E-state index contributed by atoms with van der Waals surface area (Å²) in [6, 6.07) is 10.1. The molecule has 134 valence electrons. The molecule has 0 saturated carbocycles. The number of aromatic nitrogens is 3. The molecule has 3 aromatic rings. The van der Waals surface area contributed by atoms with Crippen LogP contribution in [0.2, 0.25) is 5.02 Å². The molecule has 2 aromatic heterocycles. The summed E-state index contributed by atoms with van der Waals surface area (Å²) >= 11 is 5.98. The summed E-state index contributed by atoms with van der Waals surface area (Å²) in [7, 11) is 0. The van der Waals surface area contributed by atoms with Gasteiger partial charge in [0.25, 0.3) is 0 Å². The van der Waals surface area contributed by atoms with E-state index >= 15 is 0 Å². The molecular formula is C17H13ClF3N5. The normalized spacial score (nSPS) is 11.2. The van der Waals surface area contributed by atoms with Crippen LogP contribution >= 0.6 is 11.6 Å². The average molecular weight is 380 g/mol. The topological polar surface area (TPSA) is 62.7 Å². The van der Waals surface area contributed by atoms with Gasteiger partial charge in [0, 0.05) is 12.4 Å². The van der Waals surface area contributed by atoms with Crippen LogP contribution in [0.3, 0.4) is 0 Å². The Morgan fingerprint density at radius 1 is 1.00 bits per heavy atom. The smallest absolute Gasteiger partial charge is 0.349 e. The van der Waals surface area contributed by atoms with Crippen LogP contribution in [0.25, 0.3) is 0 Å². The van der Waals surface area contributed by atoms with E-state index in [1.807, 2.05) is 18.2 Å². The number of nitrogens with zero attached hydrogens (tertiary/aromatic N) is 3. The number of pyridine rings is 1. The number of benzene rings is 1. The summed E-state index contributed by atoms with van der Waals surface area (Å²) in [5.41, 5.74) is 0.109. The van der Waals surface area contributed by atoms with Crippen molar-refractivity contribution in [3.05, 3.63) is 71.1 Å². The lowest BCUT2D eigenvalue weighted by Gasteiger charge is -2.12. The number of rotatable bonds is 5. The van der Waals surface area contributed by atoms with Crippen LogP contribution in [0.4, 0.5) is 30.6 Å². The first-order valence-electron chi connectivity index (χ1n) is 7.52. The highest BCUT2D eigenvalue weighted by Crippen LogP contribution is 2.34. The fourth-order valence-corrected chi connectivity index (χ4v) is 2.29. The molecule has 1 aromatic carbocycles. The summed E-state index contributed by atoms with van der Waals surface area (Å²) in [5, 5.41) is 5.94. The summed E-state index contributed by atoms with van der Waals surface area (Å²) in [6.07, 6.45) is -1.30. The number of halogens is 4. The molecule has 3 rings (SSSR count). The van der Waals surface area contributed by atoms with E-state index in [4.69, 9.17) is 11.6 Å². The predicted octanol–water partition coefficient (Wildman–Crippen LogP) is 4.90. The third-order valence-corrected chi connectivity index (χ3v) is 3.70. The lowest BCUT2D eigenvalue weighted by molar-refractivity contribution is -0.137. The molecule has 0 bridgehead atoms. The minimum Gasteiger partial charge on any atom is -0.349 e. The van der Waals surface area contributed by atoms with Crippen molar-refractivity contribution in [1.82, 2.24) is 15.0 Å². The van der Waals surface area contributed by atoms with Crippen LogP contribution < -0.4 is 10.6 Å². The van der Waals surface area contributed by atoms with Crippen LogP contribution in [0.1, 0.15) is 11.3 Å².